The zero-order chi connectivity index (χ0) is 22.9. The van der Waals surface area contributed by atoms with Crippen LogP contribution in [-0.4, -0.2) is 68.9 Å². The molecular weight excluding hydrogens is 422 g/mol. The number of carbonyl (C=O) groups is 1. The van der Waals surface area contributed by atoms with Gasteiger partial charge in [-0.15, -0.1) is 11.8 Å². The number of ether oxygens (including phenoxy) is 2. The maximum absolute atomic E-state index is 12.8. The maximum Gasteiger partial charge on any atom is 0.227 e. The Morgan fingerprint density at radius 1 is 1.03 bits per heavy atom. The minimum absolute atomic E-state index is 0.193. The molecule has 2 aromatic rings. The van der Waals surface area contributed by atoms with Crippen LogP contribution in [0.15, 0.2) is 41.3 Å². The van der Waals surface area contributed by atoms with Gasteiger partial charge in [0.1, 0.15) is 0 Å². The largest absolute Gasteiger partial charge is 0.493 e. The molecule has 174 valence electrons. The van der Waals surface area contributed by atoms with E-state index in [2.05, 4.69) is 24.1 Å². The van der Waals surface area contributed by atoms with E-state index < -0.39 is 0 Å². The number of hydrogen-bond acceptors (Lipinski definition) is 6. The predicted octanol–water partition coefficient (Wildman–Crippen LogP) is 3.72. The fraction of sp³-hybridized carbons (Fsp3) is 0.480. The van der Waals surface area contributed by atoms with Crippen molar-refractivity contribution in [2.45, 2.75) is 30.6 Å². The van der Waals surface area contributed by atoms with Gasteiger partial charge in [0.05, 0.1) is 20.6 Å². The van der Waals surface area contributed by atoms with Gasteiger partial charge >= 0.3 is 0 Å². The van der Waals surface area contributed by atoms with E-state index in [0.29, 0.717) is 12.2 Å². The Bertz CT molecular complexity index is 889. The first-order valence-corrected chi connectivity index (χ1v) is 12.2. The van der Waals surface area contributed by atoms with E-state index in [9.17, 15) is 4.79 Å². The van der Waals surface area contributed by atoms with Gasteiger partial charge in [-0.25, -0.2) is 0 Å². The number of rotatable bonds is 11. The second kappa shape index (κ2) is 12.0. The molecule has 0 radical (unpaired) electrons. The van der Waals surface area contributed by atoms with Crippen molar-refractivity contribution in [3.8, 4) is 11.5 Å². The number of nitrogen functional groups attached to an aromatic ring is 1. The summed E-state index contributed by atoms with van der Waals surface area (Å²) in [5.74, 6) is 2.69. The molecule has 2 N–H and O–H groups in total. The lowest BCUT2D eigenvalue weighted by molar-refractivity contribution is -0.130. The highest BCUT2D eigenvalue weighted by molar-refractivity contribution is 7.99. The highest BCUT2D eigenvalue weighted by Crippen LogP contribution is 2.32. The van der Waals surface area contributed by atoms with Crippen LogP contribution in [0.3, 0.4) is 0 Å². The molecule has 0 saturated carbocycles. The lowest BCUT2D eigenvalue weighted by Crippen LogP contribution is -2.35. The molecule has 6 nitrogen and oxygen atoms in total. The summed E-state index contributed by atoms with van der Waals surface area (Å²) in [7, 11) is 5.43. The van der Waals surface area contributed by atoms with Crippen LogP contribution < -0.4 is 15.2 Å². The summed E-state index contributed by atoms with van der Waals surface area (Å²) >= 11 is 1.87. The number of nitrogens with two attached hydrogens (primary N) is 1. The van der Waals surface area contributed by atoms with Crippen LogP contribution >= 0.6 is 11.8 Å². The summed E-state index contributed by atoms with van der Waals surface area (Å²) < 4.78 is 10.8. The van der Waals surface area contributed by atoms with Gasteiger partial charge in [-0.1, -0.05) is 0 Å². The fourth-order valence-electron chi connectivity index (χ4n) is 3.98. The second-order valence-corrected chi connectivity index (χ2v) is 9.38. The Balaban J connectivity index is 1.39. The molecule has 1 amide bonds. The number of amides is 1. The van der Waals surface area contributed by atoms with Gasteiger partial charge in [-0.05, 0) is 92.7 Å². The smallest absolute Gasteiger partial charge is 0.227 e. The molecule has 0 atom stereocenters. The third-order valence-electron chi connectivity index (χ3n) is 5.85. The summed E-state index contributed by atoms with van der Waals surface area (Å²) in [4.78, 5) is 18.4. The van der Waals surface area contributed by atoms with Crippen molar-refractivity contribution in [3.63, 3.8) is 0 Å². The van der Waals surface area contributed by atoms with Crippen molar-refractivity contribution in [1.82, 2.24) is 9.80 Å². The average molecular weight is 458 g/mol. The Kier molecular flexibility index (Phi) is 9.11. The molecule has 1 heterocycles. The SMILES string of the molecule is COc1cc2c(cc1OC)CC(=O)N(CCCN(C)CCCSc1ccc(N)cc1)CC2. The van der Waals surface area contributed by atoms with Crippen LogP contribution in [0.4, 0.5) is 5.69 Å². The highest BCUT2D eigenvalue weighted by Gasteiger charge is 2.22. The predicted molar refractivity (Wildman–Crippen MR) is 132 cm³/mol. The maximum atomic E-state index is 12.8. The first-order chi connectivity index (χ1) is 15.5. The number of methoxy groups -OCH3 is 2. The zero-order valence-electron chi connectivity index (χ0n) is 19.4. The standard InChI is InChI=1S/C25H35N3O3S/c1-27(12-5-15-32-22-8-6-21(26)7-9-22)11-4-13-28-14-10-19-16-23(30-2)24(31-3)17-20(19)18-25(28)29/h6-9,16-17H,4-5,10-15,18,26H2,1-3H3. The molecule has 0 bridgehead atoms. The number of anilines is 1. The lowest BCUT2D eigenvalue weighted by Gasteiger charge is -2.22. The van der Waals surface area contributed by atoms with Crippen molar-refractivity contribution < 1.29 is 14.3 Å². The molecular formula is C25H35N3O3S. The summed E-state index contributed by atoms with van der Waals surface area (Å²) in [6.07, 6.45) is 3.39. The third kappa shape index (κ3) is 6.81. The van der Waals surface area contributed by atoms with E-state index in [-0.39, 0.29) is 5.91 Å². The summed E-state index contributed by atoms with van der Waals surface area (Å²) in [6, 6.07) is 12.0. The Hall–Kier alpha value is -2.38. The van der Waals surface area contributed by atoms with Crippen molar-refractivity contribution in [3.05, 3.63) is 47.5 Å². The highest BCUT2D eigenvalue weighted by atomic mass is 32.2. The molecule has 0 aromatic heterocycles. The molecule has 1 aliphatic rings. The van der Waals surface area contributed by atoms with Crippen LogP contribution in [0, 0.1) is 0 Å². The number of fused-ring (bicyclic) bond motifs is 1. The summed E-state index contributed by atoms with van der Waals surface area (Å²) in [5.41, 5.74) is 8.76. The number of benzene rings is 2. The van der Waals surface area contributed by atoms with Crippen molar-refractivity contribution in [1.29, 1.82) is 0 Å². The van der Waals surface area contributed by atoms with Crippen LogP contribution in [0.5, 0.6) is 11.5 Å². The lowest BCUT2D eigenvalue weighted by atomic mass is 10.0. The molecule has 32 heavy (non-hydrogen) atoms. The van der Waals surface area contributed by atoms with Crippen molar-refractivity contribution >= 4 is 23.4 Å². The summed E-state index contributed by atoms with van der Waals surface area (Å²) in [5, 5.41) is 0. The van der Waals surface area contributed by atoms with Crippen molar-refractivity contribution in [2.24, 2.45) is 0 Å². The molecule has 1 aliphatic heterocycles. The van der Waals surface area contributed by atoms with E-state index in [1.165, 1.54) is 10.5 Å². The Morgan fingerprint density at radius 2 is 1.69 bits per heavy atom. The molecule has 7 heteroatoms. The van der Waals surface area contributed by atoms with E-state index in [1.54, 1.807) is 14.2 Å². The van der Waals surface area contributed by atoms with Gasteiger partial charge in [0, 0.05) is 23.7 Å². The van der Waals surface area contributed by atoms with Crippen LogP contribution in [0.2, 0.25) is 0 Å². The normalized spacial score (nSPS) is 13.8. The van der Waals surface area contributed by atoms with Gasteiger partial charge in [-0.2, -0.15) is 0 Å². The van der Waals surface area contributed by atoms with Crippen LogP contribution in [0.1, 0.15) is 24.0 Å². The molecule has 0 saturated heterocycles. The number of nitrogens with zero attached hydrogens (tertiary/aromatic N) is 2. The zero-order valence-corrected chi connectivity index (χ0v) is 20.2. The van der Waals surface area contributed by atoms with Crippen molar-refractivity contribution in [2.75, 3.05) is 58.9 Å². The third-order valence-corrected chi connectivity index (χ3v) is 6.95. The van der Waals surface area contributed by atoms with Gasteiger partial charge in [-0.3, -0.25) is 4.79 Å². The second-order valence-electron chi connectivity index (χ2n) is 8.21. The number of hydrogen-bond donors (Lipinski definition) is 1. The van der Waals surface area contributed by atoms with Gasteiger partial charge in [0.25, 0.3) is 0 Å². The molecule has 0 spiro atoms. The average Bonchev–Trinajstić information content (AvgIpc) is 2.94. The quantitative estimate of drug-likeness (QED) is 0.315. The first-order valence-electron chi connectivity index (χ1n) is 11.2. The molecule has 0 fully saturated rings. The van der Waals surface area contributed by atoms with Gasteiger partial charge < -0.3 is 25.0 Å². The van der Waals surface area contributed by atoms with E-state index >= 15 is 0 Å². The first kappa shape index (κ1) is 24.3. The molecule has 0 aliphatic carbocycles. The Morgan fingerprint density at radius 3 is 2.38 bits per heavy atom. The number of thioether (sulfide) groups is 1. The number of carbonyl (C=O) groups excluding carboxylic acids is 1. The van der Waals surface area contributed by atoms with E-state index in [4.69, 9.17) is 15.2 Å². The van der Waals surface area contributed by atoms with Gasteiger partial charge in [0.2, 0.25) is 5.91 Å². The minimum Gasteiger partial charge on any atom is -0.493 e. The summed E-state index contributed by atoms with van der Waals surface area (Å²) in [6.45, 7) is 3.60. The van der Waals surface area contributed by atoms with E-state index in [0.717, 1.165) is 68.2 Å². The van der Waals surface area contributed by atoms with Crippen LogP contribution in [0.25, 0.3) is 0 Å². The van der Waals surface area contributed by atoms with Gasteiger partial charge in [0.15, 0.2) is 11.5 Å². The minimum atomic E-state index is 0.193. The molecule has 2 aromatic carbocycles. The monoisotopic (exact) mass is 457 g/mol. The Labute approximate surface area is 196 Å². The fourth-order valence-corrected chi connectivity index (χ4v) is 4.82. The van der Waals surface area contributed by atoms with Crippen LogP contribution in [-0.2, 0) is 17.6 Å². The topological polar surface area (TPSA) is 68.0 Å². The molecule has 3 rings (SSSR count). The molecule has 0 unspecified atom stereocenters. The van der Waals surface area contributed by atoms with E-state index in [1.807, 2.05) is 40.9 Å².